The number of fused-ring (bicyclic) bond motifs is 1. The smallest absolute Gasteiger partial charge is 0.251 e. The van der Waals surface area contributed by atoms with Crippen molar-refractivity contribution in [2.75, 3.05) is 26.2 Å². The lowest BCUT2D eigenvalue weighted by molar-refractivity contribution is -0.129. The summed E-state index contributed by atoms with van der Waals surface area (Å²) in [5.41, 5.74) is 6.64. The lowest BCUT2D eigenvalue weighted by Gasteiger charge is -2.19. The van der Waals surface area contributed by atoms with Gasteiger partial charge in [-0.05, 0) is 55.4 Å². The van der Waals surface area contributed by atoms with Gasteiger partial charge in [-0.3, -0.25) is 9.59 Å². The molecule has 1 aliphatic carbocycles. The molecule has 1 aliphatic heterocycles. The molecule has 150 valence electrons. The van der Waals surface area contributed by atoms with E-state index in [1.807, 2.05) is 4.90 Å². The molecule has 0 radical (unpaired) electrons. The molecule has 1 aromatic rings. The zero-order valence-electron chi connectivity index (χ0n) is 15.9. The summed E-state index contributed by atoms with van der Waals surface area (Å²) >= 11 is 0. The van der Waals surface area contributed by atoms with Crippen LogP contribution in [0.4, 0.5) is 0 Å². The van der Waals surface area contributed by atoms with Crippen molar-refractivity contribution in [2.24, 2.45) is 17.6 Å². The molecule has 1 heterocycles. The van der Waals surface area contributed by atoms with Gasteiger partial charge in [0.2, 0.25) is 5.91 Å². The van der Waals surface area contributed by atoms with Crippen LogP contribution in [0.25, 0.3) is 0 Å². The van der Waals surface area contributed by atoms with Crippen LogP contribution in [0.5, 0.6) is 5.75 Å². The number of nitrogens with one attached hydrogen (secondary N) is 1. The molecule has 3 atom stereocenters. The SMILES string of the molecule is CCCCOc1ccc(C(=O)NCC(=O)N2CC3CCC(N)C3C2)cc1.Cl. The summed E-state index contributed by atoms with van der Waals surface area (Å²) in [5, 5.41) is 2.72. The van der Waals surface area contributed by atoms with Gasteiger partial charge < -0.3 is 20.7 Å². The quantitative estimate of drug-likeness (QED) is 0.693. The second kappa shape index (κ2) is 9.95. The van der Waals surface area contributed by atoms with Crippen molar-refractivity contribution in [2.45, 2.75) is 38.6 Å². The fourth-order valence-corrected chi connectivity index (χ4v) is 3.92. The van der Waals surface area contributed by atoms with Gasteiger partial charge in [-0.1, -0.05) is 13.3 Å². The van der Waals surface area contributed by atoms with E-state index in [9.17, 15) is 9.59 Å². The van der Waals surface area contributed by atoms with E-state index in [1.54, 1.807) is 24.3 Å². The molecular weight excluding hydrogens is 366 g/mol. The van der Waals surface area contributed by atoms with Crippen LogP contribution in [0.2, 0.25) is 0 Å². The minimum Gasteiger partial charge on any atom is -0.494 e. The third-order valence-corrected chi connectivity index (χ3v) is 5.55. The van der Waals surface area contributed by atoms with Crippen molar-refractivity contribution in [3.05, 3.63) is 29.8 Å². The minimum absolute atomic E-state index is 0. The third kappa shape index (κ3) is 5.36. The fourth-order valence-electron chi connectivity index (χ4n) is 3.92. The van der Waals surface area contributed by atoms with Crippen molar-refractivity contribution in [3.63, 3.8) is 0 Å². The first-order chi connectivity index (χ1) is 12.6. The van der Waals surface area contributed by atoms with E-state index in [-0.39, 0.29) is 36.8 Å². The number of halogens is 1. The molecule has 1 aromatic carbocycles. The van der Waals surface area contributed by atoms with Crippen LogP contribution in [0, 0.1) is 11.8 Å². The summed E-state index contributed by atoms with van der Waals surface area (Å²) in [6, 6.07) is 7.23. The molecule has 2 aliphatic rings. The first kappa shape index (κ1) is 21.5. The van der Waals surface area contributed by atoms with Crippen molar-refractivity contribution >= 4 is 24.2 Å². The van der Waals surface area contributed by atoms with Crippen molar-refractivity contribution in [1.29, 1.82) is 0 Å². The Balaban J connectivity index is 0.00000261. The van der Waals surface area contributed by atoms with E-state index in [1.165, 1.54) is 0 Å². The highest BCUT2D eigenvalue weighted by Gasteiger charge is 2.42. The highest BCUT2D eigenvalue weighted by Crippen LogP contribution is 2.36. The number of ether oxygens (including phenoxy) is 1. The van der Waals surface area contributed by atoms with Crippen LogP contribution in [0.15, 0.2) is 24.3 Å². The Morgan fingerprint density at radius 1 is 1.22 bits per heavy atom. The van der Waals surface area contributed by atoms with Crippen molar-refractivity contribution in [1.82, 2.24) is 10.2 Å². The number of benzene rings is 1. The van der Waals surface area contributed by atoms with E-state index in [0.717, 1.165) is 44.5 Å². The van der Waals surface area contributed by atoms with Crippen molar-refractivity contribution < 1.29 is 14.3 Å². The average molecular weight is 396 g/mol. The molecule has 1 saturated heterocycles. The standard InChI is InChI=1S/C20H29N3O3.ClH/c1-2-3-10-26-16-7-4-14(5-8-16)20(25)22-11-19(24)23-12-15-6-9-18(21)17(15)13-23;/h4-5,7-8,15,17-18H,2-3,6,9-13,21H2,1H3,(H,22,25);1H. The maximum Gasteiger partial charge on any atom is 0.251 e. The number of nitrogens with two attached hydrogens (primary N) is 1. The average Bonchev–Trinajstić information content (AvgIpc) is 3.22. The molecule has 0 aromatic heterocycles. The molecule has 6 nitrogen and oxygen atoms in total. The number of carbonyl (C=O) groups is 2. The van der Waals surface area contributed by atoms with E-state index in [2.05, 4.69) is 12.2 Å². The number of carbonyl (C=O) groups excluding carboxylic acids is 2. The van der Waals surface area contributed by atoms with Gasteiger partial charge in [0.1, 0.15) is 5.75 Å². The molecule has 0 bridgehead atoms. The molecule has 3 N–H and O–H groups in total. The largest absolute Gasteiger partial charge is 0.494 e. The molecule has 3 rings (SSSR count). The molecule has 2 amide bonds. The zero-order chi connectivity index (χ0) is 18.5. The number of nitrogens with zero attached hydrogens (tertiary/aromatic N) is 1. The van der Waals surface area contributed by atoms with Gasteiger partial charge in [-0.2, -0.15) is 0 Å². The Morgan fingerprint density at radius 2 is 1.96 bits per heavy atom. The topological polar surface area (TPSA) is 84.7 Å². The van der Waals surface area contributed by atoms with E-state index in [4.69, 9.17) is 10.5 Å². The molecular formula is C20H30ClN3O3. The molecule has 0 spiro atoms. The van der Waals surface area contributed by atoms with E-state index in [0.29, 0.717) is 24.0 Å². The highest BCUT2D eigenvalue weighted by molar-refractivity contribution is 5.96. The summed E-state index contributed by atoms with van der Waals surface area (Å²) < 4.78 is 5.59. The summed E-state index contributed by atoms with van der Waals surface area (Å²) in [6.07, 6.45) is 4.26. The van der Waals surface area contributed by atoms with Crippen LogP contribution < -0.4 is 15.8 Å². The van der Waals surface area contributed by atoms with E-state index < -0.39 is 0 Å². The summed E-state index contributed by atoms with van der Waals surface area (Å²) in [6.45, 7) is 4.32. The van der Waals surface area contributed by atoms with Gasteiger partial charge in [-0.25, -0.2) is 0 Å². The summed E-state index contributed by atoms with van der Waals surface area (Å²) in [5.74, 6) is 1.44. The fraction of sp³-hybridized carbons (Fsp3) is 0.600. The Labute approximate surface area is 167 Å². The second-order valence-electron chi connectivity index (χ2n) is 7.37. The normalized spacial score (nSPS) is 23.5. The van der Waals surface area contributed by atoms with Gasteiger partial charge >= 0.3 is 0 Å². The predicted octanol–water partition coefficient (Wildman–Crippen LogP) is 2.21. The molecule has 1 saturated carbocycles. The van der Waals surface area contributed by atoms with Gasteiger partial charge in [-0.15, -0.1) is 12.4 Å². The summed E-state index contributed by atoms with van der Waals surface area (Å²) in [4.78, 5) is 26.5. The van der Waals surface area contributed by atoms with E-state index >= 15 is 0 Å². The Morgan fingerprint density at radius 3 is 2.63 bits per heavy atom. The van der Waals surface area contributed by atoms with Gasteiger partial charge in [0.05, 0.1) is 13.2 Å². The second-order valence-corrected chi connectivity index (χ2v) is 7.37. The van der Waals surface area contributed by atoms with Crippen LogP contribution in [0.3, 0.4) is 0 Å². The monoisotopic (exact) mass is 395 g/mol. The number of likely N-dealkylation sites (tertiary alicyclic amines) is 1. The van der Waals surface area contributed by atoms with Gasteiger partial charge in [0.25, 0.3) is 5.91 Å². The Bertz CT molecular complexity index is 638. The van der Waals surface area contributed by atoms with Gasteiger partial charge in [0, 0.05) is 24.7 Å². The maximum absolute atomic E-state index is 12.4. The lowest BCUT2D eigenvalue weighted by Crippen LogP contribution is -2.40. The van der Waals surface area contributed by atoms with Crippen LogP contribution in [-0.2, 0) is 4.79 Å². The summed E-state index contributed by atoms with van der Waals surface area (Å²) in [7, 11) is 0. The van der Waals surface area contributed by atoms with Crippen LogP contribution >= 0.6 is 12.4 Å². The molecule has 27 heavy (non-hydrogen) atoms. The lowest BCUT2D eigenvalue weighted by atomic mass is 9.98. The molecule has 3 unspecified atom stereocenters. The Hall–Kier alpha value is -1.79. The van der Waals surface area contributed by atoms with Crippen molar-refractivity contribution in [3.8, 4) is 5.75 Å². The highest BCUT2D eigenvalue weighted by atomic mass is 35.5. The number of hydrogen-bond acceptors (Lipinski definition) is 4. The molecule has 7 heteroatoms. The van der Waals surface area contributed by atoms with Crippen LogP contribution in [-0.4, -0.2) is 49.0 Å². The zero-order valence-corrected chi connectivity index (χ0v) is 16.7. The third-order valence-electron chi connectivity index (χ3n) is 5.55. The first-order valence-corrected chi connectivity index (χ1v) is 9.63. The first-order valence-electron chi connectivity index (χ1n) is 9.63. The maximum atomic E-state index is 12.4. The number of hydrogen-bond donors (Lipinski definition) is 2. The Kier molecular flexibility index (Phi) is 7.92. The van der Waals surface area contributed by atoms with Gasteiger partial charge in [0.15, 0.2) is 0 Å². The number of rotatable bonds is 7. The number of unbranched alkanes of at least 4 members (excludes halogenated alkanes) is 1. The minimum atomic E-state index is -0.241. The predicted molar refractivity (Wildman–Crippen MR) is 107 cm³/mol. The number of amides is 2. The van der Waals surface area contributed by atoms with Crippen LogP contribution in [0.1, 0.15) is 43.0 Å². The molecule has 2 fully saturated rings.